The molecule has 0 N–H and O–H groups in total. The minimum atomic E-state index is -0.329. The van der Waals surface area contributed by atoms with Crippen molar-refractivity contribution in [2.75, 3.05) is 7.11 Å². The summed E-state index contributed by atoms with van der Waals surface area (Å²) in [6.07, 6.45) is 5.31. The standard InChI is InChI=1S/C16H12O2/c1-3-12-4-6-13(7-5-12)14-8-10-15(11-9-14)16(17)18-2/h1,4-11H,2H3. The maximum atomic E-state index is 11.3. The van der Waals surface area contributed by atoms with Gasteiger partial charge in [0.15, 0.2) is 0 Å². The molecule has 0 atom stereocenters. The van der Waals surface area contributed by atoms with Gasteiger partial charge in [-0.05, 0) is 35.4 Å². The average molecular weight is 236 g/mol. The average Bonchev–Trinajstić information content (AvgIpc) is 2.47. The van der Waals surface area contributed by atoms with Gasteiger partial charge in [0.2, 0.25) is 0 Å². The zero-order chi connectivity index (χ0) is 13.0. The molecule has 2 aromatic rings. The van der Waals surface area contributed by atoms with Crippen molar-refractivity contribution in [3.63, 3.8) is 0 Å². The van der Waals surface area contributed by atoms with Gasteiger partial charge in [-0.1, -0.05) is 30.2 Å². The molecule has 0 saturated heterocycles. The van der Waals surface area contributed by atoms with Crippen LogP contribution in [-0.2, 0) is 4.74 Å². The van der Waals surface area contributed by atoms with Crippen LogP contribution in [0.3, 0.4) is 0 Å². The molecule has 88 valence electrons. The smallest absolute Gasteiger partial charge is 0.337 e. The molecule has 0 bridgehead atoms. The van der Waals surface area contributed by atoms with E-state index in [2.05, 4.69) is 10.7 Å². The summed E-state index contributed by atoms with van der Waals surface area (Å²) in [5.74, 6) is 2.25. The molecule has 0 aromatic heterocycles. The summed E-state index contributed by atoms with van der Waals surface area (Å²) in [5.41, 5.74) is 3.49. The van der Waals surface area contributed by atoms with E-state index in [9.17, 15) is 4.79 Å². The minimum Gasteiger partial charge on any atom is -0.465 e. The van der Waals surface area contributed by atoms with Crippen LogP contribution in [0.15, 0.2) is 48.5 Å². The van der Waals surface area contributed by atoms with E-state index < -0.39 is 0 Å². The first-order chi connectivity index (χ1) is 8.74. The second-order valence-corrected chi connectivity index (χ2v) is 3.79. The molecule has 0 aliphatic carbocycles. The summed E-state index contributed by atoms with van der Waals surface area (Å²) >= 11 is 0. The Morgan fingerprint density at radius 3 is 1.94 bits per heavy atom. The zero-order valence-corrected chi connectivity index (χ0v) is 10.0. The molecule has 2 heteroatoms. The third-order valence-electron chi connectivity index (χ3n) is 2.69. The van der Waals surface area contributed by atoms with Gasteiger partial charge in [0, 0.05) is 5.56 Å². The summed E-state index contributed by atoms with van der Waals surface area (Å²) in [5, 5.41) is 0. The van der Waals surface area contributed by atoms with Crippen LogP contribution in [-0.4, -0.2) is 13.1 Å². The number of hydrogen-bond acceptors (Lipinski definition) is 2. The molecular formula is C16H12O2. The Morgan fingerprint density at radius 1 is 1.00 bits per heavy atom. The number of carbonyl (C=O) groups excluding carboxylic acids is 1. The van der Waals surface area contributed by atoms with Gasteiger partial charge >= 0.3 is 5.97 Å². The van der Waals surface area contributed by atoms with E-state index in [-0.39, 0.29) is 5.97 Å². The highest BCUT2D eigenvalue weighted by molar-refractivity contribution is 5.89. The Morgan fingerprint density at radius 2 is 1.50 bits per heavy atom. The fraction of sp³-hybridized carbons (Fsp3) is 0.0625. The van der Waals surface area contributed by atoms with Crippen LogP contribution in [0.4, 0.5) is 0 Å². The number of terminal acetylenes is 1. The van der Waals surface area contributed by atoms with Crippen LogP contribution in [0.25, 0.3) is 11.1 Å². The van der Waals surface area contributed by atoms with Crippen molar-refractivity contribution in [2.45, 2.75) is 0 Å². The number of rotatable bonds is 2. The van der Waals surface area contributed by atoms with Crippen molar-refractivity contribution in [2.24, 2.45) is 0 Å². The molecular weight excluding hydrogens is 224 g/mol. The highest BCUT2D eigenvalue weighted by Crippen LogP contribution is 2.20. The van der Waals surface area contributed by atoms with Gasteiger partial charge < -0.3 is 4.74 Å². The maximum Gasteiger partial charge on any atom is 0.337 e. The molecule has 0 aliphatic rings. The molecule has 2 rings (SSSR count). The highest BCUT2D eigenvalue weighted by Gasteiger charge is 2.04. The van der Waals surface area contributed by atoms with E-state index in [0.29, 0.717) is 5.56 Å². The van der Waals surface area contributed by atoms with E-state index >= 15 is 0 Å². The van der Waals surface area contributed by atoms with Crippen LogP contribution >= 0.6 is 0 Å². The van der Waals surface area contributed by atoms with Crippen LogP contribution in [0.1, 0.15) is 15.9 Å². The first-order valence-corrected chi connectivity index (χ1v) is 5.50. The van der Waals surface area contributed by atoms with Crippen LogP contribution in [0, 0.1) is 12.3 Å². The van der Waals surface area contributed by atoms with Gasteiger partial charge in [-0.25, -0.2) is 4.79 Å². The van der Waals surface area contributed by atoms with Crippen molar-refractivity contribution in [3.05, 3.63) is 59.7 Å². The van der Waals surface area contributed by atoms with E-state index in [4.69, 9.17) is 6.42 Å². The van der Waals surface area contributed by atoms with Gasteiger partial charge in [0.05, 0.1) is 12.7 Å². The third kappa shape index (κ3) is 2.41. The largest absolute Gasteiger partial charge is 0.465 e. The zero-order valence-electron chi connectivity index (χ0n) is 10.0. The number of carbonyl (C=O) groups is 1. The minimum absolute atomic E-state index is 0.329. The summed E-state index contributed by atoms with van der Waals surface area (Å²) in [4.78, 5) is 11.3. The van der Waals surface area contributed by atoms with Crippen molar-refractivity contribution in [1.82, 2.24) is 0 Å². The van der Waals surface area contributed by atoms with Gasteiger partial charge in [-0.3, -0.25) is 0 Å². The SMILES string of the molecule is C#Cc1ccc(-c2ccc(C(=O)OC)cc2)cc1. The molecule has 2 aromatic carbocycles. The molecule has 0 spiro atoms. The summed E-state index contributed by atoms with van der Waals surface area (Å²) < 4.78 is 4.65. The molecule has 0 heterocycles. The number of methoxy groups -OCH3 is 1. The highest BCUT2D eigenvalue weighted by atomic mass is 16.5. The predicted molar refractivity (Wildman–Crippen MR) is 71.2 cm³/mol. The quantitative estimate of drug-likeness (QED) is 0.591. The van der Waals surface area contributed by atoms with Gasteiger partial charge in [0.25, 0.3) is 0 Å². The number of ether oxygens (including phenoxy) is 1. The van der Waals surface area contributed by atoms with Crippen molar-refractivity contribution in [3.8, 4) is 23.5 Å². The molecule has 0 saturated carbocycles. The summed E-state index contributed by atoms with van der Waals surface area (Å²) in [6, 6.07) is 15.0. The van der Waals surface area contributed by atoms with Crippen molar-refractivity contribution < 1.29 is 9.53 Å². The lowest BCUT2D eigenvalue weighted by atomic mass is 10.0. The van der Waals surface area contributed by atoms with Gasteiger partial charge in [0.1, 0.15) is 0 Å². The monoisotopic (exact) mass is 236 g/mol. The Labute approximate surface area is 106 Å². The fourth-order valence-electron chi connectivity index (χ4n) is 1.68. The van der Waals surface area contributed by atoms with Gasteiger partial charge in [-0.15, -0.1) is 6.42 Å². The van der Waals surface area contributed by atoms with Crippen LogP contribution < -0.4 is 0 Å². The first kappa shape index (κ1) is 11.9. The molecule has 0 unspecified atom stereocenters. The molecule has 0 fully saturated rings. The first-order valence-electron chi connectivity index (χ1n) is 5.50. The van der Waals surface area contributed by atoms with Crippen LogP contribution in [0.2, 0.25) is 0 Å². The normalized spacial score (nSPS) is 9.56. The van der Waals surface area contributed by atoms with Crippen LogP contribution in [0.5, 0.6) is 0 Å². The van der Waals surface area contributed by atoms with Gasteiger partial charge in [-0.2, -0.15) is 0 Å². The molecule has 2 nitrogen and oxygen atoms in total. The number of esters is 1. The number of hydrogen-bond donors (Lipinski definition) is 0. The topological polar surface area (TPSA) is 26.3 Å². The lowest BCUT2D eigenvalue weighted by Gasteiger charge is -2.03. The summed E-state index contributed by atoms with van der Waals surface area (Å²) in [7, 11) is 1.37. The lowest BCUT2D eigenvalue weighted by molar-refractivity contribution is 0.0601. The second-order valence-electron chi connectivity index (χ2n) is 3.79. The van der Waals surface area contributed by atoms with E-state index in [1.165, 1.54) is 7.11 Å². The molecule has 0 aliphatic heterocycles. The van der Waals surface area contributed by atoms with E-state index in [0.717, 1.165) is 16.7 Å². The van der Waals surface area contributed by atoms with Crippen molar-refractivity contribution >= 4 is 5.97 Å². The Bertz CT molecular complexity index is 586. The predicted octanol–water partition coefficient (Wildman–Crippen LogP) is 3.12. The number of benzene rings is 2. The second kappa shape index (κ2) is 5.20. The van der Waals surface area contributed by atoms with E-state index in [1.807, 2.05) is 36.4 Å². The summed E-state index contributed by atoms with van der Waals surface area (Å²) in [6.45, 7) is 0. The Balaban J connectivity index is 2.29. The molecule has 18 heavy (non-hydrogen) atoms. The molecule has 0 amide bonds. The van der Waals surface area contributed by atoms with Crippen molar-refractivity contribution in [1.29, 1.82) is 0 Å². The Kier molecular flexibility index (Phi) is 3.45. The lowest BCUT2D eigenvalue weighted by Crippen LogP contribution is -2.00. The third-order valence-corrected chi connectivity index (χ3v) is 2.69. The Hall–Kier alpha value is -2.53. The fourth-order valence-corrected chi connectivity index (χ4v) is 1.68. The molecule has 0 radical (unpaired) electrons. The maximum absolute atomic E-state index is 11.3. The van der Waals surface area contributed by atoms with E-state index in [1.54, 1.807) is 12.1 Å².